The summed E-state index contributed by atoms with van der Waals surface area (Å²) in [6.45, 7) is 0.384. The van der Waals surface area contributed by atoms with Gasteiger partial charge in [0.1, 0.15) is 0 Å². The maximum atomic E-state index is 12.1. The van der Waals surface area contributed by atoms with E-state index in [2.05, 4.69) is 10.8 Å². The number of benzene rings is 1. The summed E-state index contributed by atoms with van der Waals surface area (Å²) in [4.78, 5) is 2.52. The summed E-state index contributed by atoms with van der Waals surface area (Å²) in [5.41, 5.74) is 8.37. The number of aryl methyl sites for hydroxylation is 2. The minimum absolute atomic E-state index is 0.0155. The van der Waals surface area contributed by atoms with E-state index in [1.165, 1.54) is 16.9 Å². The van der Waals surface area contributed by atoms with E-state index in [9.17, 15) is 8.42 Å². The largest absolute Gasteiger partial charge is 0.399 e. The van der Waals surface area contributed by atoms with Crippen molar-refractivity contribution in [3.63, 3.8) is 0 Å². The number of fused-ring (bicyclic) bond motifs is 1. The highest BCUT2D eigenvalue weighted by Gasteiger charge is 2.16. The number of nitrogens with one attached hydrogen (secondary N) is 1. The molecular weight excluding hydrogens is 304 g/mol. The monoisotopic (exact) mass is 322 g/mol. The molecule has 2 aromatic rings. The van der Waals surface area contributed by atoms with E-state index in [4.69, 9.17) is 5.73 Å². The van der Waals surface area contributed by atoms with Crippen LogP contribution in [-0.2, 0) is 35.2 Å². The molecule has 0 atom stereocenters. The molecule has 0 saturated heterocycles. The second-order valence-corrected chi connectivity index (χ2v) is 8.36. The molecule has 0 saturated carbocycles. The predicted octanol–water partition coefficient (Wildman–Crippen LogP) is 2.44. The van der Waals surface area contributed by atoms with Crippen molar-refractivity contribution in [2.75, 3.05) is 5.73 Å². The summed E-state index contributed by atoms with van der Waals surface area (Å²) in [7, 11) is -3.32. The minimum atomic E-state index is -3.32. The van der Waals surface area contributed by atoms with Gasteiger partial charge in [-0.1, -0.05) is 12.1 Å². The Bertz CT molecular complexity index is 712. The van der Waals surface area contributed by atoms with Crippen molar-refractivity contribution in [3.8, 4) is 0 Å². The Hall–Kier alpha value is -1.37. The van der Waals surface area contributed by atoms with Gasteiger partial charge in [-0.2, -0.15) is 0 Å². The van der Waals surface area contributed by atoms with Crippen LogP contribution >= 0.6 is 11.3 Å². The van der Waals surface area contributed by atoms with Crippen LogP contribution in [0.2, 0.25) is 0 Å². The number of nitrogen functional groups attached to an aromatic ring is 1. The fourth-order valence-electron chi connectivity index (χ4n) is 2.54. The number of hydrogen-bond acceptors (Lipinski definition) is 4. The molecule has 1 aromatic carbocycles. The van der Waals surface area contributed by atoms with E-state index < -0.39 is 10.0 Å². The highest BCUT2D eigenvalue weighted by atomic mass is 32.2. The first kappa shape index (κ1) is 14.6. The van der Waals surface area contributed by atoms with Crippen molar-refractivity contribution in [1.29, 1.82) is 0 Å². The minimum Gasteiger partial charge on any atom is -0.399 e. The zero-order chi connectivity index (χ0) is 14.9. The third-order valence-corrected chi connectivity index (χ3v) is 6.13. The van der Waals surface area contributed by atoms with E-state index >= 15 is 0 Å². The lowest BCUT2D eigenvalue weighted by Crippen LogP contribution is -2.24. The Morgan fingerprint density at radius 3 is 2.67 bits per heavy atom. The van der Waals surface area contributed by atoms with Gasteiger partial charge in [-0.25, -0.2) is 13.1 Å². The lowest BCUT2D eigenvalue weighted by atomic mass is 10.2. The molecule has 21 heavy (non-hydrogen) atoms. The average Bonchev–Trinajstić information content (AvgIpc) is 3.00. The Labute approximate surface area is 129 Å². The maximum absolute atomic E-state index is 12.1. The van der Waals surface area contributed by atoms with Gasteiger partial charge in [-0.3, -0.25) is 0 Å². The number of sulfonamides is 1. The molecule has 4 nitrogen and oxygen atoms in total. The van der Waals surface area contributed by atoms with Crippen LogP contribution in [0, 0.1) is 0 Å². The maximum Gasteiger partial charge on any atom is 0.216 e. The number of rotatable bonds is 5. The lowest BCUT2D eigenvalue weighted by molar-refractivity contribution is 0.581. The molecule has 0 amide bonds. The molecule has 0 unspecified atom stereocenters. The standard InChI is InChI=1S/C15H18N2O2S2/c16-13-6-4-11(5-7-13)10-21(18,19)17-9-14-8-12-2-1-3-15(12)20-14/h4-8,17H,1-3,9-10,16H2. The number of nitrogens with two attached hydrogens (primary N) is 1. The van der Waals surface area contributed by atoms with Crippen molar-refractivity contribution < 1.29 is 8.42 Å². The Morgan fingerprint density at radius 1 is 1.19 bits per heavy atom. The first-order chi connectivity index (χ1) is 10.0. The molecule has 0 aliphatic heterocycles. The van der Waals surface area contributed by atoms with Crippen LogP contribution in [0.3, 0.4) is 0 Å². The van der Waals surface area contributed by atoms with Crippen LogP contribution in [-0.4, -0.2) is 8.42 Å². The molecule has 1 aromatic heterocycles. The molecule has 0 bridgehead atoms. The zero-order valence-corrected chi connectivity index (χ0v) is 13.3. The summed E-state index contributed by atoms with van der Waals surface area (Å²) >= 11 is 1.73. The molecule has 6 heteroatoms. The third kappa shape index (κ3) is 3.64. The van der Waals surface area contributed by atoms with Gasteiger partial charge in [-0.15, -0.1) is 11.3 Å². The second-order valence-electron chi connectivity index (χ2n) is 5.34. The molecule has 112 valence electrons. The van der Waals surface area contributed by atoms with Crippen LogP contribution in [0.15, 0.2) is 30.3 Å². The van der Waals surface area contributed by atoms with E-state index in [0.717, 1.165) is 23.3 Å². The summed E-state index contributed by atoms with van der Waals surface area (Å²) in [6.07, 6.45) is 3.49. The first-order valence-corrected chi connectivity index (χ1v) is 9.41. The van der Waals surface area contributed by atoms with Crippen LogP contribution in [0.5, 0.6) is 0 Å². The summed E-state index contributed by atoms with van der Waals surface area (Å²) in [6, 6.07) is 9.06. The normalized spacial score (nSPS) is 14.3. The third-order valence-electron chi connectivity index (χ3n) is 3.60. The van der Waals surface area contributed by atoms with E-state index in [0.29, 0.717) is 12.2 Å². The Kier molecular flexibility index (Phi) is 4.01. The van der Waals surface area contributed by atoms with Gasteiger partial charge in [0, 0.05) is 22.0 Å². The fraction of sp³-hybridized carbons (Fsp3) is 0.333. The average molecular weight is 322 g/mol. The van der Waals surface area contributed by atoms with Crippen LogP contribution in [0.4, 0.5) is 5.69 Å². The highest BCUT2D eigenvalue weighted by molar-refractivity contribution is 7.88. The van der Waals surface area contributed by atoms with Gasteiger partial charge in [0.05, 0.1) is 5.75 Å². The predicted molar refractivity (Wildman–Crippen MR) is 86.7 cm³/mol. The van der Waals surface area contributed by atoms with E-state index in [1.54, 1.807) is 35.6 Å². The van der Waals surface area contributed by atoms with Crippen molar-refractivity contribution in [2.24, 2.45) is 0 Å². The lowest BCUT2D eigenvalue weighted by Gasteiger charge is -2.06. The SMILES string of the molecule is Nc1ccc(CS(=O)(=O)NCc2cc3c(s2)CCC3)cc1. The van der Waals surface area contributed by atoms with Gasteiger partial charge in [0.25, 0.3) is 0 Å². The van der Waals surface area contributed by atoms with Crippen LogP contribution < -0.4 is 10.5 Å². The van der Waals surface area contributed by atoms with Crippen molar-refractivity contribution in [2.45, 2.75) is 31.6 Å². The summed E-state index contributed by atoms with van der Waals surface area (Å²) in [5.74, 6) is -0.0155. The first-order valence-electron chi connectivity index (χ1n) is 6.94. The number of hydrogen-bond donors (Lipinski definition) is 2. The molecule has 0 fully saturated rings. The van der Waals surface area contributed by atoms with Crippen LogP contribution in [0.1, 0.15) is 27.3 Å². The van der Waals surface area contributed by atoms with E-state index in [-0.39, 0.29) is 5.75 Å². The highest BCUT2D eigenvalue weighted by Crippen LogP contribution is 2.30. The Balaban J connectivity index is 1.61. The topological polar surface area (TPSA) is 72.2 Å². The zero-order valence-electron chi connectivity index (χ0n) is 11.6. The Morgan fingerprint density at radius 2 is 1.95 bits per heavy atom. The van der Waals surface area contributed by atoms with Gasteiger partial charge in [0.15, 0.2) is 0 Å². The number of anilines is 1. The quantitative estimate of drug-likeness (QED) is 0.831. The van der Waals surface area contributed by atoms with Crippen molar-refractivity contribution in [3.05, 3.63) is 51.2 Å². The molecular formula is C15H18N2O2S2. The summed E-state index contributed by atoms with van der Waals surface area (Å²) < 4.78 is 26.9. The van der Waals surface area contributed by atoms with Crippen molar-refractivity contribution >= 4 is 27.0 Å². The molecule has 1 aliphatic rings. The van der Waals surface area contributed by atoms with E-state index in [1.807, 2.05) is 0 Å². The van der Waals surface area contributed by atoms with Gasteiger partial charge in [-0.05, 0) is 48.6 Å². The molecule has 0 radical (unpaired) electrons. The second kappa shape index (κ2) is 5.79. The van der Waals surface area contributed by atoms with Crippen molar-refractivity contribution in [1.82, 2.24) is 4.72 Å². The van der Waals surface area contributed by atoms with Gasteiger partial charge in [0.2, 0.25) is 10.0 Å². The molecule has 1 aliphatic carbocycles. The smallest absolute Gasteiger partial charge is 0.216 e. The summed E-state index contributed by atoms with van der Waals surface area (Å²) in [5, 5.41) is 0. The molecule has 1 heterocycles. The molecule has 3 rings (SSSR count). The molecule has 3 N–H and O–H groups in total. The van der Waals surface area contributed by atoms with Crippen LogP contribution in [0.25, 0.3) is 0 Å². The molecule has 0 spiro atoms. The van der Waals surface area contributed by atoms with Gasteiger partial charge < -0.3 is 5.73 Å². The van der Waals surface area contributed by atoms with Gasteiger partial charge >= 0.3 is 0 Å². The fourth-order valence-corrected chi connectivity index (χ4v) is 4.94. The number of thiophene rings is 1.